The minimum atomic E-state index is -0.457. The minimum absolute atomic E-state index is 0.0641. The number of hydrogen-bond donors (Lipinski definition) is 1. The molecule has 0 spiro atoms. The molecule has 0 bridgehead atoms. The van der Waals surface area contributed by atoms with Gasteiger partial charge in [-0.1, -0.05) is 11.6 Å². The molecule has 0 radical (unpaired) electrons. The van der Waals surface area contributed by atoms with Crippen LogP contribution in [0.1, 0.15) is 5.69 Å². The van der Waals surface area contributed by atoms with E-state index in [2.05, 4.69) is 20.1 Å². The van der Waals surface area contributed by atoms with Crippen molar-refractivity contribution in [1.82, 2.24) is 29.3 Å². The second-order valence-corrected chi connectivity index (χ2v) is 7.18. The van der Waals surface area contributed by atoms with Crippen molar-refractivity contribution < 1.29 is 4.39 Å². The lowest BCUT2D eigenvalue weighted by Gasteiger charge is -2.11. The van der Waals surface area contributed by atoms with Crippen LogP contribution in [-0.2, 0) is 13.6 Å². The highest BCUT2D eigenvalue weighted by atomic mass is 35.5. The number of fused-ring (bicyclic) bond motifs is 1. The van der Waals surface area contributed by atoms with Crippen LogP contribution in [0.15, 0.2) is 61.3 Å². The first-order chi connectivity index (χ1) is 14.1. The van der Waals surface area contributed by atoms with E-state index in [-0.39, 0.29) is 5.02 Å². The summed E-state index contributed by atoms with van der Waals surface area (Å²) in [5.41, 5.74) is 5.03. The maximum absolute atomic E-state index is 13.7. The van der Waals surface area contributed by atoms with E-state index in [1.165, 1.54) is 6.07 Å². The number of aromatic nitrogens is 6. The van der Waals surface area contributed by atoms with Crippen molar-refractivity contribution in [2.45, 2.75) is 6.54 Å². The van der Waals surface area contributed by atoms with E-state index >= 15 is 0 Å². The first-order valence-corrected chi connectivity index (χ1v) is 9.39. The summed E-state index contributed by atoms with van der Waals surface area (Å²) >= 11 is 6.04. The monoisotopic (exact) mass is 406 g/mol. The molecule has 4 heterocycles. The van der Waals surface area contributed by atoms with Crippen LogP contribution in [0.25, 0.3) is 33.5 Å². The molecule has 5 aromatic rings. The minimum Gasteiger partial charge on any atom is -0.346 e. The van der Waals surface area contributed by atoms with Gasteiger partial charge in [-0.3, -0.25) is 4.68 Å². The highest BCUT2D eigenvalue weighted by Gasteiger charge is 2.19. The second-order valence-electron chi connectivity index (χ2n) is 6.78. The summed E-state index contributed by atoms with van der Waals surface area (Å²) in [4.78, 5) is 12.2. The van der Waals surface area contributed by atoms with Gasteiger partial charge in [0.25, 0.3) is 0 Å². The highest BCUT2D eigenvalue weighted by Crippen LogP contribution is 2.36. The van der Waals surface area contributed by atoms with Crippen LogP contribution in [0.2, 0.25) is 5.02 Å². The average molecular weight is 407 g/mol. The Morgan fingerprint density at radius 3 is 2.83 bits per heavy atom. The van der Waals surface area contributed by atoms with Gasteiger partial charge in [-0.25, -0.2) is 14.4 Å². The highest BCUT2D eigenvalue weighted by molar-refractivity contribution is 6.31. The Bertz CT molecular complexity index is 1330. The summed E-state index contributed by atoms with van der Waals surface area (Å²) in [5, 5.41) is 5.52. The van der Waals surface area contributed by atoms with Gasteiger partial charge >= 0.3 is 0 Å². The number of aryl methyl sites for hydroxylation is 1. The largest absolute Gasteiger partial charge is 0.346 e. The van der Waals surface area contributed by atoms with Crippen molar-refractivity contribution in [2.75, 3.05) is 0 Å². The third-order valence-corrected chi connectivity index (χ3v) is 5.14. The van der Waals surface area contributed by atoms with Crippen LogP contribution in [-0.4, -0.2) is 29.3 Å². The van der Waals surface area contributed by atoms with Gasteiger partial charge in [0, 0.05) is 42.2 Å². The lowest BCUT2D eigenvalue weighted by molar-refractivity contribution is 0.628. The Morgan fingerprint density at radius 1 is 1.14 bits per heavy atom. The fourth-order valence-corrected chi connectivity index (χ4v) is 3.71. The number of H-pyrrole nitrogens is 1. The number of pyridine rings is 1. The first kappa shape index (κ1) is 17.6. The number of aromatic amines is 1. The van der Waals surface area contributed by atoms with E-state index in [0.717, 1.165) is 39.2 Å². The van der Waals surface area contributed by atoms with Crippen molar-refractivity contribution in [2.24, 2.45) is 7.05 Å². The fourth-order valence-electron chi connectivity index (χ4n) is 3.53. The van der Waals surface area contributed by atoms with Gasteiger partial charge in [0.2, 0.25) is 0 Å². The molecule has 0 aliphatic rings. The molecule has 144 valence electrons. The van der Waals surface area contributed by atoms with E-state index in [4.69, 9.17) is 11.6 Å². The third-order valence-electron chi connectivity index (χ3n) is 4.85. The SMILES string of the molecule is Cn1ccc(Cn2cnc(-c3ccc(F)c(Cl)c3)c2-c2ccnc3[nH]ccc23)n1. The number of rotatable bonds is 4. The van der Waals surface area contributed by atoms with E-state index in [1.54, 1.807) is 29.3 Å². The lowest BCUT2D eigenvalue weighted by atomic mass is 10.0. The van der Waals surface area contributed by atoms with E-state index in [1.807, 2.05) is 42.2 Å². The van der Waals surface area contributed by atoms with Crippen LogP contribution >= 0.6 is 11.6 Å². The molecule has 0 aliphatic heterocycles. The van der Waals surface area contributed by atoms with Gasteiger partial charge in [-0.15, -0.1) is 0 Å². The van der Waals surface area contributed by atoms with Crippen LogP contribution in [0.5, 0.6) is 0 Å². The molecule has 4 aromatic heterocycles. The van der Waals surface area contributed by atoms with Crippen molar-refractivity contribution in [3.63, 3.8) is 0 Å². The number of imidazole rings is 1. The Hall–Kier alpha value is -3.45. The summed E-state index contributed by atoms with van der Waals surface area (Å²) in [6.45, 7) is 0.548. The second kappa shape index (κ2) is 6.86. The Kier molecular flexibility index (Phi) is 4.17. The zero-order chi connectivity index (χ0) is 20.0. The molecule has 0 aliphatic carbocycles. The molecule has 5 rings (SSSR count). The van der Waals surface area contributed by atoms with Crippen LogP contribution in [0, 0.1) is 5.82 Å². The number of halogens is 2. The van der Waals surface area contributed by atoms with Crippen molar-refractivity contribution >= 4 is 22.6 Å². The van der Waals surface area contributed by atoms with Crippen LogP contribution in [0.4, 0.5) is 4.39 Å². The summed E-state index contributed by atoms with van der Waals surface area (Å²) in [6.07, 6.45) is 7.29. The maximum atomic E-state index is 13.7. The number of benzene rings is 1. The van der Waals surface area contributed by atoms with Crippen molar-refractivity contribution in [3.05, 3.63) is 77.8 Å². The zero-order valence-corrected chi connectivity index (χ0v) is 16.2. The molecular weight excluding hydrogens is 391 g/mol. The quantitative estimate of drug-likeness (QED) is 0.471. The van der Waals surface area contributed by atoms with Crippen LogP contribution < -0.4 is 0 Å². The predicted octanol–water partition coefficient (Wildman–Crippen LogP) is 4.67. The molecule has 0 atom stereocenters. The maximum Gasteiger partial charge on any atom is 0.141 e. The number of nitrogens with zero attached hydrogens (tertiary/aromatic N) is 5. The van der Waals surface area contributed by atoms with Crippen LogP contribution in [0.3, 0.4) is 0 Å². The molecule has 29 heavy (non-hydrogen) atoms. The summed E-state index contributed by atoms with van der Waals surface area (Å²) in [7, 11) is 1.89. The standard InChI is InChI=1S/C21H16ClFN6/c1-28-9-6-14(27-28)11-29-12-26-19(13-2-3-18(23)17(22)10-13)20(29)15-4-7-24-21-16(15)5-8-25-21/h2-10,12H,11H2,1H3,(H,24,25). The molecule has 0 fully saturated rings. The first-order valence-electron chi connectivity index (χ1n) is 9.01. The molecular formula is C21H16ClFN6. The Labute approximate surface area is 170 Å². The average Bonchev–Trinajstić information content (AvgIpc) is 3.44. The van der Waals surface area contributed by atoms with E-state index in [9.17, 15) is 4.39 Å². The van der Waals surface area contributed by atoms with Gasteiger partial charge in [0.1, 0.15) is 11.5 Å². The number of hydrogen-bond acceptors (Lipinski definition) is 3. The Balaban J connectivity index is 1.73. The van der Waals surface area contributed by atoms with Gasteiger partial charge in [0.15, 0.2) is 0 Å². The van der Waals surface area contributed by atoms with Gasteiger partial charge < -0.3 is 9.55 Å². The van der Waals surface area contributed by atoms with Crippen molar-refractivity contribution in [3.8, 4) is 22.5 Å². The summed E-state index contributed by atoms with van der Waals surface area (Å²) in [6, 6.07) is 10.6. The molecule has 0 saturated heterocycles. The Morgan fingerprint density at radius 2 is 2.03 bits per heavy atom. The molecule has 6 nitrogen and oxygen atoms in total. The third kappa shape index (κ3) is 3.09. The van der Waals surface area contributed by atoms with Crippen molar-refractivity contribution in [1.29, 1.82) is 0 Å². The molecule has 1 N–H and O–H groups in total. The van der Waals surface area contributed by atoms with Gasteiger partial charge in [0.05, 0.1) is 35.0 Å². The van der Waals surface area contributed by atoms with Gasteiger partial charge in [-0.05, 0) is 36.4 Å². The van der Waals surface area contributed by atoms with E-state index < -0.39 is 5.82 Å². The molecule has 0 unspecified atom stereocenters. The predicted molar refractivity (Wildman–Crippen MR) is 110 cm³/mol. The fraction of sp³-hybridized carbons (Fsp3) is 0.0952. The topological polar surface area (TPSA) is 64.3 Å². The number of nitrogens with one attached hydrogen (secondary N) is 1. The molecule has 1 aromatic carbocycles. The summed E-state index contributed by atoms with van der Waals surface area (Å²) < 4.78 is 17.5. The molecule has 8 heteroatoms. The summed E-state index contributed by atoms with van der Waals surface area (Å²) in [5.74, 6) is -0.457. The smallest absolute Gasteiger partial charge is 0.141 e. The van der Waals surface area contributed by atoms with Gasteiger partial charge in [-0.2, -0.15) is 5.10 Å². The normalized spacial score (nSPS) is 11.4. The molecule has 0 saturated carbocycles. The van der Waals surface area contributed by atoms with E-state index in [0.29, 0.717) is 6.54 Å². The zero-order valence-electron chi connectivity index (χ0n) is 15.5. The molecule has 0 amide bonds. The lowest BCUT2D eigenvalue weighted by Crippen LogP contribution is -2.03.